The number of aryl methyl sites for hydroxylation is 1. The molecule has 126 valence electrons. The molecule has 1 fully saturated rings. The summed E-state index contributed by atoms with van der Waals surface area (Å²) in [5.74, 6) is 1.09. The van der Waals surface area contributed by atoms with E-state index in [0.717, 1.165) is 0 Å². The van der Waals surface area contributed by atoms with Crippen molar-refractivity contribution >= 4 is 11.8 Å². The Morgan fingerprint density at radius 1 is 1.26 bits per heavy atom. The molecule has 1 saturated heterocycles. The minimum atomic E-state index is -0.562. The number of carbonyl (C=O) groups is 2. The lowest BCUT2D eigenvalue weighted by Gasteiger charge is -2.24. The maximum absolute atomic E-state index is 12.5. The highest BCUT2D eigenvalue weighted by Crippen LogP contribution is 2.24. The Balaban J connectivity index is 2.00. The van der Waals surface area contributed by atoms with Gasteiger partial charge in [0.15, 0.2) is 6.10 Å². The Bertz CT molecular complexity index is 584. The lowest BCUT2D eigenvalue weighted by Crippen LogP contribution is -2.42. The third-order valence-electron chi connectivity index (χ3n) is 4.15. The van der Waals surface area contributed by atoms with E-state index < -0.39 is 6.10 Å². The van der Waals surface area contributed by atoms with Crippen LogP contribution in [0, 0.1) is 6.92 Å². The van der Waals surface area contributed by atoms with E-state index in [2.05, 4.69) is 32.2 Å². The molecule has 0 spiro atoms. The van der Waals surface area contributed by atoms with E-state index in [4.69, 9.17) is 4.74 Å². The van der Waals surface area contributed by atoms with Gasteiger partial charge in [-0.15, -0.1) is 0 Å². The lowest BCUT2D eigenvalue weighted by molar-refractivity contribution is -0.137. The molecule has 1 aliphatic rings. The molecule has 1 N–H and O–H groups in total. The van der Waals surface area contributed by atoms with Crippen molar-refractivity contribution in [3.05, 3.63) is 29.3 Å². The Kier molecular flexibility index (Phi) is 5.64. The maximum Gasteiger partial charge on any atom is 0.263 e. The monoisotopic (exact) mass is 318 g/mol. The van der Waals surface area contributed by atoms with E-state index in [0.29, 0.717) is 37.7 Å². The second-order valence-electron chi connectivity index (χ2n) is 6.36. The van der Waals surface area contributed by atoms with Crippen LogP contribution in [0.3, 0.4) is 0 Å². The summed E-state index contributed by atoms with van der Waals surface area (Å²) >= 11 is 0. The number of hydrogen-bond donors (Lipinski definition) is 1. The molecule has 5 nitrogen and oxygen atoms in total. The third kappa shape index (κ3) is 4.47. The van der Waals surface area contributed by atoms with Crippen LogP contribution in [-0.4, -0.2) is 42.5 Å². The fraction of sp³-hybridized carbons (Fsp3) is 0.556. The van der Waals surface area contributed by atoms with Gasteiger partial charge >= 0.3 is 0 Å². The predicted molar refractivity (Wildman–Crippen MR) is 89.6 cm³/mol. The largest absolute Gasteiger partial charge is 0.481 e. The average Bonchev–Trinajstić information content (AvgIpc) is 2.70. The fourth-order valence-electron chi connectivity index (χ4n) is 2.87. The Hall–Kier alpha value is -2.04. The first-order chi connectivity index (χ1) is 10.9. The molecule has 1 unspecified atom stereocenters. The van der Waals surface area contributed by atoms with Crippen LogP contribution in [0.5, 0.6) is 5.75 Å². The van der Waals surface area contributed by atoms with Crippen LogP contribution >= 0.6 is 0 Å². The van der Waals surface area contributed by atoms with Crippen LogP contribution in [0.15, 0.2) is 18.2 Å². The number of ether oxygens (including phenoxy) is 1. The molecule has 23 heavy (non-hydrogen) atoms. The van der Waals surface area contributed by atoms with Crippen LogP contribution in [-0.2, 0) is 9.59 Å². The van der Waals surface area contributed by atoms with Crippen LogP contribution in [0.1, 0.15) is 44.2 Å². The van der Waals surface area contributed by atoms with E-state index in [1.54, 1.807) is 11.8 Å². The van der Waals surface area contributed by atoms with E-state index in [1.165, 1.54) is 11.1 Å². The predicted octanol–water partition coefficient (Wildman–Crippen LogP) is 2.23. The standard InChI is InChI=1S/C18H26N2O3/c1-12(2)16-6-5-15(11-13(16)3)23-14(4)18(22)20-9-7-17(21)19-8-10-20/h5-6,11-12,14H,7-10H2,1-4H3,(H,19,21). The molecule has 1 aromatic rings. The molecule has 5 heteroatoms. The summed E-state index contributed by atoms with van der Waals surface area (Å²) in [5, 5.41) is 2.77. The van der Waals surface area contributed by atoms with Crippen molar-refractivity contribution in [2.75, 3.05) is 19.6 Å². The molecule has 1 atom stereocenters. The number of rotatable bonds is 4. The summed E-state index contributed by atoms with van der Waals surface area (Å²) in [4.78, 5) is 25.5. The average molecular weight is 318 g/mol. The topological polar surface area (TPSA) is 58.6 Å². The zero-order valence-corrected chi connectivity index (χ0v) is 14.4. The fourth-order valence-corrected chi connectivity index (χ4v) is 2.87. The van der Waals surface area contributed by atoms with Gasteiger partial charge in [-0.25, -0.2) is 0 Å². The van der Waals surface area contributed by atoms with E-state index >= 15 is 0 Å². The minimum absolute atomic E-state index is 0.00577. The molecule has 0 aromatic heterocycles. The molecule has 1 aliphatic heterocycles. The zero-order chi connectivity index (χ0) is 17.0. The van der Waals surface area contributed by atoms with Crippen LogP contribution < -0.4 is 10.1 Å². The van der Waals surface area contributed by atoms with Crippen molar-refractivity contribution in [3.63, 3.8) is 0 Å². The molecule has 1 heterocycles. The Labute approximate surface area is 138 Å². The molecule has 2 rings (SSSR count). The highest BCUT2D eigenvalue weighted by atomic mass is 16.5. The molecule has 2 amide bonds. The van der Waals surface area contributed by atoms with Gasteiger partial charge in [-0.05, 0) is 43.0 Å². The number of amides is 2. The molecule has 0 radical (unpaired) electrons. The molecular formula is C18H26N2O3. The number of nitrogens with one attached hydrogen (secondary N) is 1. The molecule has 0 aliphatic carbocycles. The number of benzene rings is 1. The molecule has 0 saturated carbocycles. The van der Waals surface area contributed by atoms with E-state index in [1.807, 2.05) is 12.1 Å². The molecule has 0 bridgehead atoms. The Morgan fingerprint density at radius 3 is 2.65 bits per heavy atom. The van der Waals surface area contributed by atoms with Gasteiger partial charge < -0.3 is 15.0 Å². The van der Waals surface area contributed by atoms with Crippen LogP contribution in [0.4, 0.5) is 0 Å². The van der Waals surface area contributed by atoms with Crippen molar-refractivity contribution in [2.45, 2.75) is 46.1 Å². The second-order valence-corrected chi connectivity index (χ2v) is 6.36. The summed E-state index contributed by atoms with van der Waals surface area (Å²) in [7, 11) is 0. The smallest absolute Gasteiger partial charge is 0.263 e. The van der Waals surface area contributed by atoms with Gasteiger partial charge in [0.25, 0.3) is 5.91 Å². The van der Waals surface area contributed by atoms with Gasteiger partial charge in [0.05, 0.1) is 0 Å². The van der Waals surface area contributed by atoms with Crippen molar-refractivity contribution < 1.29 is 14.3 Å². The molecular weight excluding hydrogens is 292 g/mol. The zero-order valence-electron chi connectivity index (χ0n) is 14.4. The first kappa shape index (κ1) is 17.3. The summed E-state index contributed by atoms with van der Waals surface area (Å²) in [6.45, 7) is 9.61. The van der Waals surface area contributed by atoms with Crippen LogP contribution in [0.25, 0.3) is 0 Å². The van der Waals surface area contributed by atoms with Gasteiger partial charge in [-0.2, -0.15) is 0 Å². The highest BCUT2D eigenvalue weighted by Gasteiger charge is 2.24. The van der Waals surface area contributed by atoms with Crippen molar-refractivity contribution in [2.24, 2.45) is 0 Å². The summed E-state index contributed by atoms with van der Waals surface area (Å²) in [6, 6.07) is 5.95. The number of carbonyl (C=O) groups excluding carboxylic acids is 2. The normalized spacial score (nSPS) is 16.7. The SMILES string of the molecule is Cc1cc(OC(C)C(=O)N2CCNC(=O)CC2)ccc1C(C)C. The van der Waals surface area contributed by atoms with E-state index in [9.17, 15) is 9.59 Å². The van der Waals surface area contributed by atoms with E-state index in [-0.39, 0.29) is 11.8 Å². The van der Waals surface area contributed by atoms with Gasteiger partial charge in [0, 0.05) is 26.1 Å². The first-order valence-corrected chi connectivity index (χ1v) is 8.21. The summed E-state index contributed by atoms with van der Waals surface area (Å²) in [6.07, 6.45) is -0.215. The third-order valence-corrected chi connectivity index (χ3v) is 4.15. The quantitative estimate of drug-likeness (QED) is 0.926. The van der Waals surface area contributed by atoms with Gasteiger partial charge in [0.2, 0.25) is 5.91 Å². The van der Waals surface area contributed by atoms with Crippen molar-refractivity contribution in [3.8, 4) is 5.75 Å². The summed E-state index contributed by atoms with van der Waals surface area (Å²) < 4.78 is 5.82. The van der Waals surface area contributed by atoms with Crippen LogP contribution in [0.2, 0.25) is 0 Å². The van der Waals surface area contributed by atoms with Crippen molar-refractivity contribution in [1.82, 2.24) is 10.2 Å². The molecule has 1 aromatic carbocycles. The second kappa shape index (κ2) is 7.49. The Morgan fingerprint density at radius 2 is 2.00 bits per heavy atom. The van der Waals surface area contributed by atoms with Gasteiger partial charge in [-0.1, -0.05) is 19.9 Å². The maximum atomic E-state index is 12.5. The summed E-state index contributed by atoms with van der Waals surface area (Å²) in [5.41, 5.74) is 2.45. The van der Waals surface area contributed by atoms with Gasteiger partial charge in [-0.3, -0.25) is 9.59 Å². The number of nitrogens with zero attached hydrogens (tertiary/aromatic N) is 1. The lowest BCUT2D eigenvalue weighted by atomic mass is 9.98. The minimum Gasteiger partial charge on any atom is -0.481 e. The number of hydrogen-bond acceptors (Lipinski definition) is 3. The van der Waals surface area contributed by atoms with Gasteiger partial charge in [0.1, 0.15) is 5.75 Å². The first-order valence-electron chi connectivity index (χ1n) is 8.21. The van der Waals surface area contributed by atoms with Crippen molar-refractivity contribution in [1.29, 1.82) is 0 Å². The highest BCUT2D eigenvalue weighted by molar-refractivity contribution is 5.83.